The molecule has 6 heteroatoms. The Bertz CT molecular complexity index is 335. The van der Waals surface area contributed by atoms with Gasteiger partial charge in [-0.05, 0) is 6.07 Å². The van der Waals surface area contributed by atoms with Crippen LogP contribution in [-0.4, -0.2) is 10.2 Å². The maximum Gasteiger partial charge on any atom is 0.420 e. The van der Waals surface area contributed by atoms with Crippen molar-refractivity contribution in [1.82, 2.24) is 0 Å². The number of aromatic hydroxyl groups is 2. The fourth-order valence-electron chi connectivity index (χ4n) is 0.821. The SMILES string of the molecule is Nc1cc(C(F)(F)F)c(O)cc1O. The molecule has 0 aliphatic rings. The van der Waals surface area contributed by atoms with Crippen molar-refractivity contribution in [1.29, 1.82) is 0 Å². The molecule has 0 aromatic heterocycles. The number of nitrogen functional groups attached to an aromatic ring is 1. The van der Waals surface area contributed by atoms with Gasteiger partial charge in [-0.2, -0.15) is 13.2 Å². The van der Waals surface area contributed by atoms with Crippen molar-refractivity contribution < 1.29 is 23.4 Å². The average Bonchev–Trinajstić information content (AvgIpc) is 1.94. The van der Waals surface area contributed by atoms with Gasteiger partial charge in [-0.25, -0.2) is 0 Å². The smallest absolute Gasteiger partial charge is 0.420 e. The van der Waals surface area contributed by atoms with Gasteiger partial charge in [0.2, 0.25) is 0 Å². The van der Waals surface area contributed by atoms with E-state index in [-0.39, 0.29) is 0 Å². The van der Waals surface area contributed by atoms with E-state index < -0.39 is 28.9 Å². The van der Waals surface area contributed by atoms with Crippen LogP contribution in [0, 0.1) is 0 Å². The highest BCUT2D eigenvalue weighted by Gasteiger charge is 2.34. The van der Waals surface area contributed by atoms with Crippen molar-refractivity contribution >= 4 is 5.69 Å². The van der Waals surface area contributed by atoms with Crippen LogP contribution in [0.15, 0.2) is 12.1 Å². The molecule has 0 amide bonds. The lowest BCUT2D eigenvalue weighted by atomic mass is 10.1. The Morgan fingerprint density at radius 3 is 2.08 bits per heavy atom. The van der Waals surface area contributed by atoms with Crippen molar-refractivity contribution in [2.24, 2.45) is 0 Å². The molecule has 0 radical (unpaired) electrons. The maximum absolute atomic E-state index is 12.1. The predicted octanol–water partition coefficient (Wildman–Crippen LogP) is 1.70. The molecule has 3 nitrogen and oxygen atoms in total. The summed E-state index contributed by atoms with van der Waals surface area (Å²) in [5.41, 5.74) is 3.34. The summed E-state index contributed by atoms with van der Waals surface area (Å²) in [5.74, 6) is -1.62. The van der Waals surface area contributed by atoms with E-state index in [1.807, 2.05) is 0 Å². The number of rotatable bonds is 0. The number of phenols is 2. The first-order valence-electron chi connectivity index (χ1n) is 3.21. The molecule has 72 valence electrons. The zero-order chi connectivity index (χ0) is 10.2. The molecule has 1 aromatic carbocycles. The van der Waals surface area contributed by atoms with E-state index in [4.69, 9.17) is 15.9 Å². The largest absolute Gasteiger partial charge is 0.507 e. The summed E-state index contributed by atoms with van der Waals surface area (Å²) in [4.78, 5) is 0. The molecule has 1 aromatic rings. The average molecular weight is 193 g/mol. The van der Waals surface area contributed by atoms with Gasteiger partial charge < -0.3 is 15.9 Å². The third kappa shape index (κ3) is 1.77. The molecule has 0 heterocycles. The second kappa shape index (κ2) is 2.72. The van der Waals surface area contributed by atoms with Gasteiger partial charge in [0.15, 0.2) is 0 Å². The Kier molecular flexibility index (Phi) is 1.99. The minimum absolute atomic E-state index is 0.426. The van der Waals surface area contributed by atoms with Crippen LogP contribution in [-0.2, 0) is 6.18 Å². The Hall–Kier alpha value is -1.59. The van der Waals surface area contributed by atoms with Crippen LogP contribution in [0.4, 0.5) is 18.9 Å². The first kappa shape index (κ1) is 9.50. The van der Waals surface area contributed by atoms with Crippen LogP contribution in [0.25, 0.3) is 0 Å². The monoisotopic (exact) mass is 193 g/mol. The molecular formula is C7H6F3NO2. The van der Waals surface area contributed by atoms with Crippen LogP contribution in [0.3, 0.4) is 0 Å². The molecular weight excluding hydrogens is 187 g/mol. The Morgan fingerprint density at radius 1 is 1.08 bits per heavy atom. The quantitative estimate of drug-likeness (QED) is 0.333. The summed E-state index contributed by atoms with van der Waals surface area (Å²) < 4.78 is 36.2. The van der Waals surface area contributed by atoms with Gasteiger partial charge in [-0.3, -0.25) is 0 Å². The van der Waals surface area contributed by atoms with E-state index in [9.17, 15) is 13.2 Å². The topological polar surface area (TPSA) is 66.5 Å². The lowest BCUT2D eigenvalue weighted by Crippen LogP contribution is -2.06. The number of alkyl halides is 3. The third-order valence-electron chi connectivity index (χ3n) is 1.45. The molecule has 0 fully saturated rings. The van der Waals surface area contributed by atoms with Gasteiger partial charge in [-0.1, -0.05) is 0 Å². The van der Waals surface area contributed by atoms with E-state index in [1.54, 1.807) is 0 Å². The van der Waals surface area contributed by atoms with Gasteiger partial charge in [0.25, 0.3) is 0 Å². The Balaban J connectivity index is 3.32. The zero-order valence-electron chi connectivity index (χ0n) is 6.26. The Labute approximate surface area is 71.2 Å². The number of hydrogen-bond acceptors (Lipinski definition) is 3. The van der Waals surface area contributed by atoms with Gasteiger partial charge in [-0.15, -0.1) is 0 Å². The summed E-state index contributed by atoms with van der Waals surface area (Å²) in [5, 5.41) is 17.7. The fraction of sp³-hybridized carbons (Fsp3) is 0.143. The second-order valence-electron chi connectivity index (χ2n) is 2.43. The van der Waals surface area contributed by atoms with E-state index in [0.717, 1.165) is 0 Å². The van der Waals surface area contributed by atoms with Gasteiger partial charge in [0.05, 0.1) is 11.3 Å². The minimum Gasteiger partial charge on any atom is -0.507 e. The number of hydrogen-bond donors (Lipinski definition) is 3. The van der Waals surface area contributed by atoms with Gasteiger partial charge >= 0.3 is 6.18 Å². The minimum atomic E-state index is -4.67. The molecule has 0 saturated carbocycles. The van der Waals surface area contributed by atoms with Crippen LogP contribution in [0.1, 0.15) is 5.56 Å². The third-order valence-corrected chi connectivity index (χ3v) is 1.45. The molecule has 1 rings (SSSR count). The summed E-state index contributed by atoms with van der Waals surface area (Å²) in [6.45, 7) is 0. The van der Waals surface area contributed by atoms with E-state index in [0.29, 0.717) is 12.1 Å². The number of nitrogens with two attached hydrogens (primary N) is 1. The first-order valence-corrected chi connectivity index (χ1v) is 3.21. The molecule has 0 aliphatic carbocycles. The summed E-state index contributed by atoms with van der Waals surface area (Å²) in [6.07, 6.45) is -4.67. The molecule has 0 atom stereocenters. The summed E-state index contributed by atoms with van der Waals surface area (Å²) in [6, 6.07) is 1.03. The normalized spacial score (nSPS) is 11.6. The number of phenolic OH excluding ortho intramolecular Hbond substituents is 2. The highest BCUT2D eigenvalue weighted by molar-refractivity contribution is 5.58. The number of anilines is 1. The standard InChI is InChI=1S/C7H6F3NO2/c8-7(9,10)3-1-4(11)6(13)2-5(3)12/h1-2,12-13H,11H2. The Morgan fingerprint density at radius 2 is 1.62 bits per heavy atom. The highest BCUT2D eigenvalue weighted by Crippen LogP contribution is 2.39. The summed E-state index contributed by atoms with van der Waals surface area (Å²) >= 11 is 0. The molecule has 0 bridgehead atoms. The van der Waals surface area contributed by atoms with E-state index in [1.165, 1.54) is 0 Å². The predicted molar refractivity (Wildman–Crippen MR) is 39.2 cm³/mol. The molecule has 0 aliphatic heterocycles. The van der Waals surface area contributed by atoms with Crippen LogP contribution in [0.2, 0.25) is 0 Å². The van der Waals surface area contributed by atoms with Crippen LogP contribution >= 0.6 is 0 Å². The van der Waals surface area contributed by atoms with Crippen molar-refractivity contribution in [3.63, 3.8) is 0 Å². The molecule has 0 saturated heterocycles. The van der Waals surface area contributed by atoms with E-state index in [2.05, 4.69) is 0 Å². The molecule has 4 N–H and O–H groups in total. The maximum atomic E-state index is 12.1. The molecule has 0 spiro atoms. The lowest BCUT2D eigenvalue weighted by molar-refractivity contribution is -0.138. The molecule has 13 heavy (non-hydrogen) atoms. The van der Waals surface area contributed by atoms with Crippen LogP contribution in [0.5, 0.6) is 11.5 Å². The van der Waals surface area contributed by atoms with Crippen LogP contribution < -0.4 is 5.73 Å². The van der Waals surface area contributed by atoms with Crippen molar-refractivity contribution in [3.8, 4) is 11.5 Å². The zero-order valence-corrected chi connectivity index (χ0v) is 6.26. The number of benzene rings is 1. The number of halogens is 3. The lowest BCUT2D eigenvalue weighted by Gasteiger charge is -2.10. The van der Waals surface area contributed by atoms with E-state index >= 15 is 0 Å². The summed E-state index contributed by atoms with van der Waals surface area (Å²) in [7, 11) is 0. The molecule has 0 unspecified atom stereocenters. The van der Waals surface area contributed by atoms with Crippen molar-refractivity contribution in [3.05, 3.63) is 17.7 Å². The van der Waals surface area contributed by atoms with Crippen molar-refractivity contribution in [2.75, 3.05) is 5.73 Å². The van der Waals surface area contributed by atoms with Crippen molar-refractivity contribution in [2.45, 2.75) is 6.18 Å². The van der Waals surface area contributed by atoms with Gasteiger partial charge in [0.1, 0.15) is 11.5 Å². The second-order valence-corrected chi connectivity index (χ2v) is 2.43. The first-order chi connectivity index (χ1) is 5.82. The van der Waals surface area contributed by atoms with Gasteiger partial charge in [0, 0.05) is 6.07 Å². The fourth-order valence-corrected chi connectivity index (χ4v) is 0.821. The highest BCUT2D eigenvalue weighted by atomic mass is 19.4.